The molecule has 3 rings (SSSR count). The van der Waals surface area contributed by atoms with Crippen LogP contribution >= 0.6 is 0 Å². The second-order valence-electron chi connectivity index (χ2n) is 4.50. The van der Waals surface area contributed by atoms with E-state index in [1.54, 1.807) is 0 Å². The lowest BCUT2D eigenvalue weighted by molar-refractivity contribution is -0.0500. The molecule has 0 unspecified atom stereocenters. The third-order valence-electron chi connectivity index (χ3n) is 3.30. The molecular weight excluding hydrogens is 268 g/mol. The molecule has 0 aliphatic carbocycles. The number of hydrogen-bond donors (Lipinski definition) is 5. The maximum atomic E-state index is 10.0. The van der Waals surface area contributed by atoms with E-state index in [2.05, 4.69) is 15.0 Å². The van der Waals surface area contributed by atoms with Gasteiger partial charge in [-0.1, -0.05) is 0 Å². The Morgan fingerprint density at radius 2 is 2.00 bits per heavy atom. The van der Waals surface area contributed by atoms with Gasteiger partial charge in [-0.25, -0.2) is 15.0 Å². The van der Waals surface area contributed by atoms with Crippen molar-refractivity contribution in [3.8, 4) is 0 Å². The second-order valence-corrected chi connectivity index (χ2v) is 4.50. The average molecular weight is 282 g/mol. The summed E-state index contributed by atoms with van der Waals surface area (Å²) in [5.74, 6) is 0.161. The standard InChI is InChI=1S/C10H14N6O4/c11-7-4-8(14-2-13-7)16(10(12)15-4)9-6(19)5(18)3(1-17)20-9/h2-3,5-6,9,17-19H,1H2,(H2,12,15)(H2,11,13,14)/t3-,5+,6-,9-/m1/s1. The summed E-state index contributed by atoms with van der Waals surface area (Å²) in [7, 11) is 0. The van der Waals surface area contributed by atoms with Gasteiger partial charge in [0.2, 0.25) is 5.95 Å². The normalized spacial score (nSPS) is 30.1. The quantitative estimate of drug-likeness (QED) is 0.403. The van der Waals surface area contributed by atoms with Gasteiger partial charge < -0.3 is 31.5 Å². The van der Waals surface area contributed by atoms with Crippen LogP contribution in [0.15, 0.2) is 6.33 Å². The van der Waals surface area contributed by atoms with Crippen molar-refractivity contribution in [3.63, 3.8) is 0 Å². The molecule has 0 bridgehead atoms. The number of aliphatic hydroxyl groups excluding tert-OH is 3. The summed E-state index contributed by atoms with van der Waals surface area (Å²) in [4.78, 5) is 11.8. The Morgan fingerprint density at radius 1 is 1.25 bits per heavy atom. The van der Waals surface area contributed by atoms with Crippen molar-refractivity contribution in [2.75, 3.05) is 18.1 Å². The molecule has 2 aromatic heterocycles. The minimum Gasteiger partial charge on any atom is -0.394 e. The molecule has 0 aromatic carbocycles. The van der Waals surface area contributed by atoms with Crippen molar-refractivity contribution >= 4 is 22.9 Å². The van der Waals surface area contributed by atoms with Crippen LogP contribution in [0.1, 0.15) is 6.23 Å². The van der Waals surface area contributed by atoms with Crippen LogP contribution in [-0.4, -0.2) is 59.8 Å². The lowest BCUT2D eigenvalue weighted by Gasteiger charge is -2.17. The Bertz CT molecular complexity index is 646. The Hall–Kier alpha value is -2.01. The maximum Gasteiger partial charge on any atom is 0.204 e. The SMILES string of the molecule is Nc1ncnc2c1nc(N)n2[C@@H]1O[C@H](CO)[C@H](O)[C@H]1O. The summed E-state index contributed by atoms with van der Waals surface area (Å²) >= 11 is 0. The predicted octanol–water partition coefficient (Wildman–Crippen LogP) is -2.40. The molecule has 1 fully saturated rings. The second kappa shape index (κ2) is 4.52. The summed E-state index contributed by atoms with van der Waals surface area (Å²) < 4.78 is 6.72. The zero-order chi connectivity index (χ0) is 14.4. The number of imidazole rings is 1. The van der Waals surface area contributed by atoms with Crippen molar-refractivity contribution in [2.24, 2.45) is 0 Å². The first-order valence-corrected chi connectivity index (χ1v) is 5.91. The van der Waals surface area contributed by atoms with Crippen LogP contribution in [-0.2, 0) is 4.74 Å². The number of aromatic nitrogens is 4. The highest BCUT2D eigenvalue weighted by molar-refractivity contribution is 5.83. The first kappa shape index (κ1) is 13.0. The Labute approximate surface area is 112 Å². The largest absolute Gasteiger partial charge is 0.394 e. The number of nitrogens with zero attached hydrogens (tertiary/aromatic N) is 4. The summed E-state index contributed by atoms with van der Waals surface area (Å²) in [5.41, 5.74) is 12.0. The van der Waals surface area contributed by atoms with E-state index in [-0.39, 0.29) is 22.9 Å². The van der Waals surface area contributed by atoms with Crippen molar-refractivity contribution in [1.82, 2.24) is 19.5 Å². The molecule has 1 aliphatic heterocycles. The van der Waals surface area contributed by atoms with Gasteiger partial charge in [-0.15, -0.1) is 0 Å². The van der Waals surface area contributed by atoms with Gasteiger partial charge in [-0.05, 0) is 0 Å². The third kappa shape index (κ3) is 1.70. The molecule has 2 aromatic rings. The summed E-state index contributed by atoms with van der Waals surface area (Å²) in [6.45, 7) is -0.432. The van der Waals surface area contributed by atoms with Crippen LogP contribution in [0, 0.1) is 0 Å². The van der Waals surface area contributed by atoms with Crippen LogP contribution in [0.4, 0.5) is 11.8 Å². The van der Waals surface area contributed by atoms with Crippen LogP contribution in [0.5, 0.6) is 0 Å². The van der Waals surface area contributed by atoms with Crippen molar-refractivity contribution in [3.05, 3.63) is 6.33 Å². The van der Waals surface area contributed by atoms with E-state index in [4.69, 9.17) is 21.3 Å². The molecule has 0 amide bonds. The van der Waals surface area contributed by atoms with E-state index in [0.717, 1.165) is 0 Å². The number of fused-ring (bicyclic) bond motifs is 1. The fraction of sp³-hybridized carbons (Fsp3) is 0.500. The van der Waals surface area contributed by atoms with E-state index in [1.165, 1.54) is 10.9 Å². The van der Waals surface area contributed by atoms with Gasteiger partial charge in [0.05, 0.1) is 6.61 Å². The fourth-order valence-corrected chi connectivity index (χ4v) is 2.29. The number of nitrogens with two attached hydrogens (primary N) is 2. The molecule has 0 spiro atoms. The minimum atomic E-state index is -1.27. The first-order valence-electron chi connectivity index (χ1n) is 5.91. The minimum absolute atomic E-state index is 0.0158. The molecule has 0 radical (unpaired) electrons. The molecule has 10 nitrogen and oxygen atoms in total. The van der Waals surface area contributed by atoms with Crippen LogP contribution in [0.25, 0.3) is 11.2 Å². The molecule has 108 valence electrons. The van der Waals surface area contributed by atoms with Gasteiger partial charge in [0.25, 0.3) is 0 Å². The van der Waals surface area contributed by atoms with Gasteiger partial charge in [0.15, 0.2) is 23.2 Å². The summed E-state index contributed by atoms with van der Waals surface area (Å²) in [5, 5.41) is 28.9. The van der Waals surface area contributed by atoms with E-state index in [0.29, 0.717) is 0 Å². The predicted molar refractivity (Wildman–Crippen MR) is 67.2 cm³/mol. The highest BCUT2D eigenvalue weighted by Gasteiger charge is 2.44. The molecule has 10 heteroatoms. The van der Waals surface area contributed by atoms with Gasteiger partial charge >= 0.3 is 0 Å². The van der Waals surface area contributed by atoms with Crippen LogP contribution in [0.2, 0.25) is 0 Å². The number of nitrogen functional groups attached to an aromatic ring is 2. The highest BCUT2D eigenvalue weighted by atomic mass is 16.6. The topological polar surface area (TPSA) is 166 Å². The average Bonchev–Trinajstić information content (AvgIpc) is 2.90. The van der Waals surface area contributed by atoms with E-state index < -0.39 is 31.1 Å². The van der Waals surface area contributed by atoms with Crippen LogP contribution < -0.4 is 11.5 Å². The molecule has 20 heavy (non-hydrogen) atoms. The molecule has 1 saturated heterocycles. The number of rotatable bonds is 2. The van der Waals surface area contributed by atoms with Gasteiger partial charge in [-0.3, -0.25) is 4.57 Å². The van der Waals surface area contributed by atoms with E-state index >= 15 is 0 Å². The summed E-state index contributed by atoms with van der Waals surface area (Å²) in [6.07, 6.45) is -3.20. The zero-order valence-corrected chi connectivity index (χ0v) is 10.3. The van der Waals surface area contributed by atoms with Crippen molar-refractivity contribution in [1.29, 1.82) is 0 Å². The van der Waals surface area contributed by atoms with Crippen molar-refractivity contribution < 1.29 is 20.1 Å². The van der Waals surface area contributed by atoms with Crippen LogP contribution in [0.3, 0.4) is 0 Å². The smallest absolute Gasteiger partial charge is 0.204 e. The van der Waals surface area contributed by atoms with Gasteiger partial charge in [0.1, 0.15) is 24.6 Å². The molecule has 4 atom stereocenters. The fourth-order valence-electron chi connectivity index (χ4n) is 2.29. The Balaban J connectivity index is 2.11. The van der Waals surface area contributed by atoms with Gasteiger partial charge in [0, 0.05) is 0 Å². The number of anilines is 2. The monoisotopic (exact) mass is 282 g/mol. The molecule has 1 aliphatic rings. The van der Waals surface area contributed by atoms with E-state index in [9.17, 15) is 10.2 Å². The molecule has 3 heterocycles. The highest BCUT2D eigenvalue weighted by Crippen LogP contribution is 2.33. The van der Waals surface area contributed by atoms with Crippen molar-refractivity contribution in [2.45, 2.75) is 24.5 Å². The Morgan fingerprint density at radius 3 is 2.65 bits per heavy atom. The first-order chi connectivity index (χ1) is 9.54. The number of aliphatic hydroxyl groups is 3. The van der Waals surface area contributed by atoms with Gasteiger partial charge in [-0.2, -0.15) is 0 Å². The third-order valence-corrected chi connectivity index (χ3v) is 3.30. The molecule has 0 saturated carbocycles. The molecule has 7 N–H and O–H groups in total. The van der Waals surface area contributed by atoms with E-state index in [1.807, 2.05) is 0 Å². The zero-order valence-electron chi connectivity index (χ0n) is 10.3. The molecular formula is C10H14N6O4. The lowest BCUT2D eigenvalue weighted by atomic mass is 10.1. The number of hydrogen-bond acceptors (Lipinski definition) is 9. The Kier molecular flexibility index (Phi) is 2.94. The number of ether oxygens (including phenoxy) is 1. The lowest BCUT2D eigenvalue weighted by Crippen LogP contribution is -2.33. The summed E-state index contributed by atoms with van der Waals surface area (Å²) in [6, 6.07) is 0. The maximum absolute atomic E-state index is 10.0.